The maximum Gasteiger partial charge on any atom is 0.410 e. The Morgan fingerprint density at radius 3 is 2.25 bits per heavy atom. The molecule has 1 aliphatic rings. The van der Waals surface area contributed by atoms with Crippen LogP contribution < -0.4 is 0 Å². The maximum absolute atomic E-state index is 10.5. The highest BCUT2D eigenvalue weighted by molar-refractivity contribution is 5.82. The third-order valence-electron chi connectivity index (χ3n) is 1.93. The molecule has 1 atom stereocenters. The third-order valence-corrected chi connectivity index (χ3v) is 1.93. The lowest BCUT2D eigenvalue weighted by atomic mass is 10.1. The smallest absolute Gasteiger partial charge is 0.410 e. The van der Waals surface area contributed by atoms with Crippen molar-refractivity contribution in [1.82, 2.24) is 4.90 Å². The Balaban J connectivity index is 2.89. The molecule has 0 spiro atoms. The molecule has 1 rings (SSSR count). The topological polar surface area (TPSA) is 98.1 Å². The molecule has 0 saturated carbocycles. The highest BCUT2D eigenvalue weighted by atomic mass is 16.4. The van der Waals surface area contributed by atoms with Gasteiger partial charge in [-0.25, -0.2) is 9.59 Å². The van der Waals surface area contributed by atoms with Crippen LogP contribution in [0, 0.1) is 0 Å². The summed E-state index contributed by atoms with van der Waals surface area (Å²) in [6.45, 7) is 0.0676. The minimum Gasteiger partial charge on any atom is -0.478 e. The van der Waals surface area contributed by atoms with Gasteiger partial charge in [0.05, 0.1) is 0 Å². The molecule has 0 aliphatic carbocycles. The van der Waals surface area contributed by atoms with Crippen molar-refractivity contribution in [2.45, 2.75) is 18.6 Å². The molecule has 12 heavy (non-hydrogen) atoms. The number of hydrogen-bond acceptors (Lipinski definition) is 3. The molecule has 0 radical (unpaired) electrons. The fourth-order valence-corrected chi connectivity index (χ4v) is 1.28. The number of hydrogen-bond donors (Lipinski definition) is 3. The van der Waals surface area contributed by atoms with Gasteiger partial charge in [0.25, 0.3) is 0 Å². The number of rotatable bonds is 1. The van der Waals surface area contributed by atoms with Crippen molar-refractivity contribution in [3.8, 4) is 0 Å². The average Bonchev–Trinajstić information content (AvgIpc) is 2.32. The summed E-state index contributed by atoms with van der Waals surface area (Å²) in [5.41, 5.74) is -2.22. The van der Waals surface area contributed by atoms with Crippen molar-refractivity contribution < 1.29 is 24.9 Å². The highest BCUT2D eigenvalue weighted by Gasteiger charge is 2.48. The number of aliphatic hydroxyl groups is 1. The van der Waals surface area contributed by atoms with Gasteiger partial charge in [-0.2, -0.15) is 0 Å². The minimum atomic E-state index is -2.22. The van der Waals surface area contributed by atoms with Crippen molar-refractivity contribution in [1.29, 1.82) is 0 Å². The summed E-state index contributed by atoms with van der Waals surface area (Å²) in [7, 11) is 0. The first-order valence-corrected chi connectivity index (χ1v) is 3.45. The monoisotopic (exact) mass is 175 g/mol. The molecular formula is C6H9NO5. The number of carboxylic acids is 1. The van der Waals surface area contributed by atoms with Crippen LogP contribution in [-0.2, 0) is 4.79 Å². The molecule has 1 amide bonds. The molecule has 68 valence electrons. The van der Waals surface area contributed by atoms with Crippen molar-refractivity contribution in [2.24, 2.45) is 0 Å². The van der Waals surface area contributed by atoms with Crippen LogP contribution in [0.3, 0.4) is 0 Å². The van der Waals surface area contributed by atoms with Gasteiger partial charge in [-0.15, -0.1) is 0 Å². The van der Waals surface area contributed by atoms with Crippen LogP contribution in [0.5, 0.6) is 0 Å². The van der Waals surface area contributed by atoms with E-state index in [9.17, 15) is 14.7 Å². The lowest BCUT2D eigenvalue weighted by Gasteiger charge is -2.26. The zero-order chi connectivity index (χ0) is 9.35. The van der Waals surface area contributed by atoms with E-state index >= 15 is 0 Å². The van der Waals surface area contributed by atoms with E-state index in [2.05, 4.69) is 0 Å². The van der Waals surface area contributed by atoms with Crippen LogP contribution in [0.2, 0.25) is 0 Å². The second-order valence-electron chi connectivity index (χ2n) is 2.66. The van der Waals surface area contributed by atoms with Crippen molar-refractivity contribution in [2.75, 3.05) is 6.54 Å². The zero-order valence-corrected chi connectivity index (χ0v) is 6.23. The van der Waals surface area contributed by atoms with E-state index in [0.29, 0.717) is 11.3 Å². The second-order valence-corrected chi connectivity index (χ2v) is 2.66. The number of nitrogens with zero attached hydrogens (tertiary/aromatic N) is 1. The first-order valence-electron chi connectivity index (χ1n) is 3.45. The molecule has 1 fully saturated rings. The van der Waals surface area contributed by atoms with Gasteiger partial charge in [0.2, 0.25) is 5.72 Å². The Hall–Kier alpha value is -1.30. The summed E-state index contributed by atoms with van der Waals surface area (Å²) in [6, 6.07) is 0. The van der Waals surface area contributed by atoms with E-state index in [-0.39, 0.29) is 13.0 Å². The molecule has 3 N–H and O–H groups in total. The van der Waals surface area contributed by atoms with Crippen LogP contribution in [0.25, 0.3) is 0 Å². The largest absolute Gasteiger partial charge is 0.478 e. The predicted molar refractivity (Wildman–Crippen MR) is 36.6 cm³/mol. The SMILES string of the molecule is O=C(O)N1CCCC1(O)C(=O)O. The van der Waals surface area contributed by atoms with E-state index in [4.69, 9.17) is 10.2 Å². The van der Waals surface area contributed by atoms with Crippen molar-refractivity contribution in [3.63, 3.8) is 0 Å². The fourth-order valence-electron chi connectivity index (χ4n) is 1.28. The number of carboxylic acid groups (broad SMARTS) is 2. The number of carbonyl (C=O) groups is 2. The van der Waals surface area contributed by atoms with E-state index < -0.39 is 17.8 Å². The van der Waals surface area contributed by atoms with Crippen LogP contribution in [-0.4, -0.2) is 44.6 Å². The summed E-state index contributed by atoms with van der Waals surface area (Å²) in [4.78, 5) is 21.4. The lowest BCUT2D eigenvalue weighted by molar-refractivity contribution is -0.172. The summed E-state index contributed by atoms with van der Waals surface area (Å²) in [5.74, 6) is -1.51. The van der Waals surface area contributed by atoms with Gasteiger partial charge in [0, 0.05) is 13.0 Å². The van der Waals surface area contributed by atoms with Gasteiger partial charge in [-0.3, -0.25) is 4.90 Å². The van der Waals surface area contributed by atoms with E-state index in [1.807, 2.05) is 0 Å². The molecule has 0 bridgehead atoms. The Morgan fingerprint density at radius 2 is 1.92 bits per heavy atom. The molecule has 0 aromatic heterocycles. The van der Waals surface area contributed by atoms with Crippen LogP contribution in [0.4, 0.5) is 4.79 Å². The Kier molecular flexibility index (Phi) is 1.93. The molecule has 1 saturated heterocycles. The van der Waals surface area contributed by atoms with Gasteiger partial charge >= 0.3 is 12.1 Å². The summed E-state index contributed by atoms with van der Waals surface area (Å²) < 4.78 is 0. The van der Waals surface area contributed by atoms with Crippen LogP contribution in [0.1, 0.15) is 12.8 Å². The zero-order valence-electron chi connectivity index (χ0n) is 6.23. The van der Waals surface area contributed by atoms with Gasteiger partial charge in [-0.1, -0.05) is 0 Å². The molecule has 6 heteroatoms. The lowest BCUT2D eigenvalue weighted by Crippen LogP contribution is -2.52. The Morgan fingerprint density at radius 1 is 1.33 bits per heavy atom. The average molecular weight is 175 g/mol. The van der Waals surface area contributed by atoms with Gasteiger partial charge in [-0.05, 0) is 6.42 Å². The van der Waals surface area contributed by atoms with E-state index in [0.717, 1.165) is 0 Å². The first kappa shape index (κ1) is 8.79. The molecule has 6 nitrogen and oxygen atoms in total. The number of amides is 1. The highest BCUT2D eigenvalue weighted by Crippen LogP contribution is 2.26. The van der Waals surface area contributed by atoms with E-state index in [1.54, 1.807) is 0 Å². The molecule has 1 heterocycles. The minimum absolute atomic E-state index is 0.0470. The predicted octanol–water partition coefficient (Wildman–Crippen LogP) is -0.467. The molecule has 1 aliphatic heterocycles. The Bertz CT molecular complexity index is 228. The standard InChI is InChI=1S/C6H9NO5/c8-4(9)6(12)2-1-3-7(6)5(10)11/h12H,1-3H2,(H,8,9)(H,10,11). The first-order chi connectivity index (χ1) is 5.48. The molecular weight excluding hydrogens is 166 g/mol. The second kappa shape index (κ2) is 2.63. The normalized spacial score (nSPS) is 28.9. The summed E-state index contributed by atoms with van der Waals surface area (Å²) in [5, 5.41) is 26.4. The van der Waals surface area contributed by atoms with Gasteiger partial charge in [0.15, 0.2) is 0 Å². The van der Waals surface area contributed by atoms with Gasteiger partial charge < -0.3 is 15.3 Å². The van der Waals surface area contributed by atoms with Crippen LogP contribution in [0.15, 0.2) is 0 Å². The fraction of sp³-hybridized carbons (Fsp3) is 0.667. The number of aliphatic carboxylic acids is 1. The molecule has 1 unspecified atom stereocenters. The summed E-state index contributed by atoms with van der Waals surface area (Å²) >= 11 is 0. The molecule has 0 aromatic carbocycles. The van der Waals surface area contributed by atoms with Crippen LogP contribution >= 0.6 is 0 Å². The summed E-state index contributed by atoms with van der Waals surface area (Å²) in [6.07, 6.45) is -1.08. The van der Waals surface area contributed by atoms with Crippen molar-refractivity contribution >= 4 is 12.1 Å². The van der Waals surface area contributed by atoms with Crippen molar-refractivity contribution in [3.05, 3.63) is 0 Å². The van der Waals surface area contributed by atoms with E-state index in [1.165, 1.54) is 0 Å². The Labute approximate surface area is 68.0 Å². The maximum atomic E-state index is 10.5. The quantitative estimate of drug-likeness (QED) is 0.500. The third kappa shape index (κ3) is 1.10. The molecule has 0 aromatic rings. The number of likely N-dealkylation sites (tertiary alicyclic amines) is 1. The van der Waals surface area contributed by atoms with Gasteiger partial charge in [0.1, 0.15) is 0 Å².